The summed E-state index contributed by atoms with van der Waals surface area (Å²) in [4.78, 5) is 6.12. The highest BCUT2D eigenvalue weighted by Crippen LogP contribution is 2.55. The number of rotatable bonds is 1. The molecule has 2 aliphatic heterocycles. The number of benzene rings is 3. The maximum absolute atomic E-state index is 3.51. The normalized spacial score (nSPS) is 23.8. The van der Waals surface area contributed by atoms with Crippen LogP contribution in [0.4, 0.5) is 0 Å². The van der Waals surface area contributed by atoms with E-state index in [1.165, 1.54) is 38.7 Å². The van der Waals surface area contributed by atoms with Crippen molar-refractivity contribution in [2.45, 2.75) is 24.4 Å². The van der Waals surface area contributed by atoms with E-state index in [2.05, 4.69) is 95.9 Å². The molecule has 0 amide bonds. The van der Waals surface area contributed by atoms with E-state index in [1.54, 1.807) is 0 Å². The second kappa shape index (κ2) is 5.58. The minimum absolute atomic E-state index is 0.338. The average Bonchev–Trinajstić information content (AvgIpc) is 3.02. The van der Waals surface area contributed by atoms with E-state index in [9.17, 15) is 0 Å². The van der Waals surface area contributed by atoms with Gasteiger partial charge < -0.3 is 4.98 Å². The fraction of sp³-hybridized carbons (Fsp3) is 0.200. The van der Waals surface area contributed by atoms with E-state index in [0.717, 1.165) is 6.42 Å². The molecule has 3 aliphatic rings. The van der Waals surface area contributed by atoms with Crippen LogP contribution in [0.1, 0.15) is 45.8 Å². The standard InChI is InChI=1S/C25H22N2/c1-27-23-14-16-8-2-3-9-17(16)24(20-12-5-4-11-19(20)23)25(27)21-15-26-22-13-7-6-10-18(21)22/h2-13,15,23-26H,14H2,1H3/t23-,24+,25-/m0/s1. The number of aromatic nitrogens is 1. The first kappa shape index (κ1) is 15.2. The van der Waals surface area contributed by atoms with Gasteiger partial charge in [0.05, 0.1) is 0 Å². The monoisotopic (exact) mass is 350 g/mol. The van der Waals surface area contributed by atoms with Crippen LogP contribution < -0.4 is 0 Å². The van der Waals surface area contributed by atoms with Gasteiger partial charge in [0.25, 0.3) is 0 Å². The molecule has 3 atom stereocenters. The van der Waals surface area contributed by atoms with Gasteiger partial charge in [0.2, 0.25) is 0 Å². The molecule has 132 valence electrons. The van der Waals surface area contributed by atoms with E-state index in [1.807, 2.05) is 0 Å². The van der Waals surface area contributed by atoms with Crippen molar-refractivity contribution in [3.8, 4) is 0 Å². The van der Waals surface area contributed by atoms with Crippen molar-refractivity contribution in [1.82, 2.24) is 9.88 Å². The number of likely N-dealkylation sites (N-methyl/N-ethyl adjacent to an activating group) is 1. The highest BCUT2D eigenvalue weighted by molar-refractivity contribution is 5.84. The zero-order valence-electron chi connectivity index (χ0n) is 15.4. The highest BCUT2D eigenvalue weighted by atomic mass is 15.2. The number of fused-ring (bicyclic) bond motifs is 2. The summed E-state index contributed by atoms with van der Waals surface area (Å²) in [7, 11) is 2.31. The number of para-hydroxylation sites is 1. The van der Waals surface area contributed by atoms with Crippen LogP contribution in [0.2, 0.25) is 0 Å². The summed E-state index contributed by atoms with van der Waals surface area (Å²) >= 11 is 0. The number of nitrogens with zero attached hydrogens (tertiary/aromatic N) is 1. The fourth-order valence-corrected chi connectivity index (χ4v) is 5.48. The Morgan fingerprint density at radius 3 is 2.37 bits per heavy atom. The number of hydrogen-bond donors (Lipinski definition) is 1. The average molecular weight is 350 g/mol. The molecular weight excluding hydrogens is 328 g/mol. The van der Waals surface area contributed by atoms with E-state index in [-0.39, 0.29) is 0 Å². The summed E-state index contributed by atoms with van der Waals surface area (Å²) < 4.78 is 0. The summed E-state index contributed by atoms with van der Waals surface area (Å²) in [5.74, 6) is 0.361. The van der Waals surface area contributed by atoms with E-state index in [4.69, 9.17) is 0 Å². The largest absolute Gasteiger partial charge is 0.361 e. The molecule has 1 aliphatic carbocycles. The Hall–Kier alpha value is -2.84. The predicted molar refractivity (Wildman–Crippen MR) is 110 cm³/mol. The molecular formula is C25H22N2. The van der Waals surface area contributed by atoms with Gasteiger partial charge in [-0.3, -0.25) is 4.90 Å². The number of hydrogen-bond acceptors (Lipinski definition) is 1. The Balaban J connectivity index is 1.66. The van der Waals surface area contributed by atoms with Crippen LogP contribution >= 0.6 is 0 Å². The van der Waals surface area contributed by atoms with Crippen LogP contribution in [0.5, 0.6) is 0 Å². The number of H-pyrrole nitrogens is 1. The second-order valence-electron chi connectivity index (χ2n) is 7.93. The topological polar surface area (TPSA) is 19.0 Å². The minimum atomic E-state index is 0.338. The van der Waals surface area contributed by atoms with E-state index >= 15 is 0 Å². The lowest BCUT2D eigenvalue weighted by Crippen LogP contribution is -2.37. The van der Waals surface area contributed by atoms with Gasteiger partial charge in [-0.2, -0.15) is 0 Å². The molecule has 27 heavy (non-hydrogen) atoms. The highest BCUT2D eigenvalue weighted by Gasteiger charge is 2.44. The van der Waals surface area contributed by atoms with Gasteiger partial charge in [-0.15, -0.1) is 0 Å². The van der Waals surface area contributed by atoms with Crippen molar-refractivity contribution in [1.29, 1.82) is 0 Å². The lowest BCUT2D eigenvalue weighted by molar-refractivity contribution is 0.149. The van der Waals surface area contributed by atoms with Crippen LogP contribution in [-0.4, -0.2) is 16.9 Å². The summed E-state index contributed by atoms with van der Waals surface area (Å²) in [5.41, 5.74) is 8.62. The predicted octanol–water partition coefficient (Wildman–Crippen LogP) is 5.58. The number of nitrogens with one attached hydrogen (secondary N) is 1. The third kappa shape index (κ3) is 2.05. The first-order chi connectivity index (χ1) is 13.3. The van der Waals surface area contributed by atoms with Crippen molar-refractivity contribution in [3.63, 3.8) is 0 Å². The van der Waals surface area contributed by atoms with Crippen LogP contribution in [0, 0.1) is 0 Å². The maximum atomic E-state index is 3.51. The summed E-state index contributed by atoms with van der Waals surface area (Å²) in [5, 5.41) is 1.34. The Morgan fingerprint density at radius 1 is 0.778 bits per heavy atom. The number of aromatic amines is 1. The van der Waals surface area contributed by atoms with Crippen LogP contribution in [0.3, 0.4) is 0 Å². The Kier molecular flexibility index (Phi) is 3.15. The molecule has 4 aromatic rings. The van der Waals surface area contributed by atoms with E-state index < -0.39 is 0 Å². The van der Waals surface area contributed by atoms with Crippen molar-refractivity contribution >= 4 is 10.9 Å². The molecule has 7 rings (SSSR count). The van der Waals surface area contributed by atoms with Gasteiger partial charge in [0, 0.05) is 35.1 Å². The molecule has 1 aromatic heterocycles. The van der Waals surface area contributed by atoms with Gasteiger partial charge in [0.1, 0.15) is 0 Å². The molecule has 2 nitrogen and oxygen atoms in total. The quantitative estimate of drug-likeness (QED) is 0.474. The van der Waals surface area contributed by atoms with Crippen molar-refractivity contribution in [3.05, 3.63) is 107 Å². The third-order valence-corrected chi connectivity index (χ3v) is 6.68. The molecule has 3 heterocycles. The molecule has 2 bridgehead atoms. The van der Waals surface area contributed by atoms with Crippen LogP contribution in [0.25, 0.3) is 10.9 Å². The minimum Gasteiger partial charge on any atom is -0.361 e. The Morgan fingerprint density at radius 2 is 1.48 bits per heavy atom. The Bertz CT molecular complexity index is 1160. The molecule has 2 heteroatoms. The second-order valence-corrected chi connectivity index (χ2v) is 7.93. The SMILES string of the molecule is CN1[C@H]2Cc3ccccc3[C@H](c3ccccc32)[C@@H]1c1c[nH]c2ccccc12. The lowest BCUT2D eigenvalue weighted by Gasteiger charge is -2.43. The molecule has 1 N–H and O–H groups in total. The van der Waals surface area contributed by atoms with E-state index in [0.29, 0.717) is 18.0 Å². The summed E-state index contributed by atoms with van der Waals surface area (Å²) in [6.07, 6.45) is 3.32. The molecule has 3 aromatic carbocycles. The third-order valence-electron chi connectivity index (χ3n) is 6.68. The van der Waals surface area contributed by atoms with Crippen molar-refractivity contribution in [2.24, 2.45) is 0 Å². The van der Waals surface area contributed by atoms with Gasteiger partial charge in [0.15, 0.2) is 0 Å². The van der Waals surface area contributed by atoms with Crippen LogP contribution in [0.15, 0.2) is 79.0 Å². The maximum Gasteiger partial charge on any atom is 0.0481 e. The van der Waals surface area contributed by atoms with Gasteiger partial charge in [-0.25, -0.2) is 0 Å². The lowest BCUT2D eigenvalue weighted by atomic mass is 9.76. The zero-order chi connectivity index (χ0) is 18.0. The van der Waals surface area contributed by atoms with Crippen LogP contribution in [-0.2, 0) is 6.42 Å². The molecule has 0 fully saturated rings. The first-order valence-corrected chi connectivity index (χ1v) is 9.77. The van der Waals surface area contributed by atoms with Gasteiger partial charge in [-0.1, -0.05) is 66.7 Å². The van der Waals surface area contributed by atoms with Crippen molar-refractivity contribution < 1.29 is 0 Å². The zero-order valence-corrected chi connectivity index (χ0v) is 15.4. The molecule has 0 unspecified atom stereocenters. The summed E-state index contributed by atoms with van der Waals surface area (Å²) in [6, 6.07) is 27.6. The summed E-state index contributed by atoms with van der Waals surface area (Å²) in [6.45, 7) is 0. The van der Waals surface area contributed by atoms with Crippen molar-refractivity contribution in [2.75, 3.05) is 7.05 Å². The molecule has 0 spiro atoms. The molecule has 0 radical (unpaired) electrons. The fourth-order valence-electron chi connectivity index (χ4n) is 5.48. The molecule has 0 saturated carbocycles. The Labute approximate surface area is 159 Å². The van der Waals surface area contributed by atoms with Gasteiger partial charge >= 0.3 is 0 Å². The molecule has 0 saturated heterocycles. The van der Waals surface area contributed by atoms with Gasteiger partial charge in [-0.05, 0) is 47.4 Å². The first-order valence-electron chi connectivity index (χ1n) is 9.77. The smallest absolute Gasteiger partial charge is 0.0481 e.